The normalized spacial score (nSPS) is 10.7. The fourth-order valence-corrected chi connectivity index (χ4v) is 3.14. The first-order valence-corrected chi connectivity index (χ1v) is 9.43. The summed E-state index contributed by atoms with van der Waals surface area (Å²) in [6.45, 7) is 5.54. The van der Waals surface area contributed by atoms with Crippen molar-refractivity contribution in [2.24, 2.45) is 0 Å². The number of nitrogens with zero attached hydrogens (tertiary/aromatic N) is 2. The van der Waals surface area contributed by atoms with Crippen molar-refractivity contribution in [3.63, 3.8) is 0 Å². The third kappa shape index (κ3) is 4.56. The quantitative estimate of drug-likeness (QED) is 0.434. The van der Waals surface area contributed by atoms with Crippen LogP contribution >= 0.6 is 0 Å². The Morgan fingerprint density at radius 3 is 2.40 bits per heavy atom. The van der Waals surface area contributed by atoms with Crippen molar-refractivity contribution in [2.45, 2.75) is 27.3 Å². The summed E-state index contributed by atoms with van der Waals surface area (Å²) in [4.78, 5) is 24.8. The molecule has 1 heterocycles. The third-order valence-corrected chi connectivity index (χ3v) is 4.85. The highest BCUT2D eigenvalue weighted by Gasteiger charge is 2.21. The van der Waals surface area contributed by atoms with E-state index in [1.807, 2.05) is 31.2 Å². The topological polar surface area (TPSA) is 70.4 Å². The molecule has 0 saturated heterocycles. The molecule has 7 heteroatoms. The number of Topliss-reactive ketones (excluding diaryl/α,β-unsaturated/α-hetero) is 1. The Hall–Kier alpha value is -3.48. The van der Waals surface area contributed by atoms with Crippen LogP contribution in [0.2, 0.25) is 0 Å². The smallest absolute Gasteiger partial charge is 0.342 e. The van der Waals surface area contributed by atoms with E-state index in [-0.39, 0.29) is 11.3 Å². The van der Waals surface area contributed by atoms with Gasteiger partial charge in [-0.05, 0) is 44.5 Å². The van der Waals surface area contributed by atoms with Crippen molar-refractivity contribution in [3.05, 3.63) is 81.9 Å². The highest BCUT2D eigenvalue weighted by Crippen LogP contribution is 2.19. The second kappa shape index (κ2) is 8.90. The van der Waals surface area contributed by atoms with Crippen LogP contribution in [-0.4, -0.2) is 35.2 Å². The monoisotopic (exact) mass is 410 g/mol. The van der Waals surface area contributed by atoms with Crippen LogP contribution in [0.5, 0.6) is 5.75 Å². The lowest BCUT2D eigenvalue weighted by Gasteiger charge is -2.07. The molecule has 0 fully saturated rings. The molecule has 0 amide bonds. The molecule has 0 bridgehead atoms. The summed E-state index contributed by atoms with van der Waals surface area (Å²) >= 11 is 0. The molecule has 156 valence electrons. The lowest BCUT2D eigenvalue weighted by atomic mass is 10.1. The second-order valence-corrected chi connectivity index (χ2v) is 7.04. The van der Waals surface area contributed by atoms with Crippen molar-refractivity contribution in [2.75, 3.05) is 13.7 Å². The van der Waals surface area contributed by atoms with Crippen molar-refractivity contribution in [1.82, 2.24) is 9.78 Å². The number of ether oxygens (including phenoxy) is 2. The average Bonchev–Trinajstić information content (AvgIpc) is 3.00. The Bertz CT molecular complexity index is 1090. The number of ketones is 1. The minimum absolute atomic E-state index is 0.0378. The Morgan fingerprint density at radius 1 is 1.07 bits per heavy atom. The number of benzene rings is 2. The van der Waals surface area contributed by atoms with E-state index in [9.17, 15) is 14.0 Å². The molecular formula is C23H23FN2O4. The zero-order valence-corrected chi connectivity index (χ0v) is 17.4. The summed E-state index contributed by atoms with van der Waals surface area (Å²) in [6.07, 6.45) is 0. The molecule has 2 aromatic carbocycles. The summed E-state index contributed by atoms with van der Waals surface area (Å²) in [5, 5.41) is 4.43. The summed E-state index contributed by atoms with van der Waals surface area (Å²) in [5.41, 5.74) is 3.83. The molecule has 6 nitrogen and oxygen atoms in total. The van der Waals surface area contributed by atoms with Crippen molar-refractivity contribution >= 4 is 11.8 Å². The molecule has 3 aromatic rings. The van der Waals surface area contributed by atoms with Crippen LogP contribution in [0.15, 0.2) is 42.5 Å². The van der Waals surface area contributed by atoms with E-state index in [0.717, 1.165) is 17.2 Å². The number of halogens is 1. The van der Waals surface area contributed by atoms with Gasteiger partial charge in [0.2, 0.25) is 0 Å². The summed E-state index contributed by atoms with van der Waals surface area (Å²) in [7, 11) is 1.34. The molecular weight excluding hydrogens is 387 g/mol. The van der Waals surface area contributed by atoms with Crippen LogP contribution in [0.4, 0.5) is 4.39 Å². The number of aryl methyl sites for hydroxylation is 2. The van der Waals surface area contributed by atoms with Crippen LogP contribution in [0.3, 0.4) is 0 Å². The number of esters is 1. The third-order valence-electron chi connectivity index (χ3n) is 4.85. The van der Waals surface area contributed by atoms with Gasteiger partial charge in [-0.25, -0.2) is 9.18 Å². The number of methoxy groups -OCH3 is 1. The number of carbonyl (C=O) groups excluding carboxylic acids is 2. The highest BCUT2D eigenvalue weighted by atomic mass is 19.1. The van der Waals surface area contributed by atoms with Gasteiger partial charge in [-0.1, -0.05) is 29.8 Å². The molecule has 1 aromatic heterocycles. The van der Waals surface area contributed by atoms with Gasteiger partial charge >= 0.3 is 5.97 Å². The van der Waals surface area contributed by atoms with Gasteiger partial charge in [0.15, 0.2) is 24.0 Å². The van der Waals surface area contributed by atoms with E-state index in [0.29, 0.717) is 23.5 Å². The van der Waals surface area contributed by atoms with Crippen molar-refractivity contribution in [1.29, 1.82) is 0 Å². The van der Waals surface area contributed by atoms with Gasteiger partial charge in [0, 0.05) is 5.56 Å². The van der Waals surface area contributed by atoms with Crippen LogP contribution < -0.4 is 4.74 Å². The summed E-state index contributed by atoms with van der Waals surface area (Å²) < 4.78 is 25.5. The minimum atomic E-state index is -0.654. The number of rotatable bonds is 7. The predicted molar refractivity (Wildman–Crippen MR) is 110 cm³/mol. The van der Waals surface area contributed by atoms with Crippen molar-refractivity contribution in [3.8, 4) is 5.75 Å². The second-order valence-electron chi connectivity index (χ2n) is 7.04. The van der Waals surface area contributed by atoms with E-state index < -0.39 is 24.2 Å². The maximum absolute atomic E-state index is 13.8. The van der Waals surface area contributed by atoms with Crippen molar-refractivity contribution < 1.29 is 23.5 Å². The van der Waals surface area contributed by atoms with E-state index in [2.05, 4.69) is 5.10 Å². The zero-order valence-electron chi connectivity index (χ0n) is 17.4. The Labute approximate surface area is 174 Å². The van der Waals surface area contributed by atoms with Crippen LogP contribution in [0.1, 0.15) is 43.2 Å². The maximum Gasteiger partial charge on any atom is 0.342 e. The first-order valence-electron chi connectivity index (χ1n) is 9.43. The average molecular weight is 410 g/mol. The zero-order chi connectivity index (χ0) is 21.8. The van der Waals surface area contributed by atoms with Gasteiger partial charge in [0.25, 0.3) is 0 Å². The first kappa shape index (κ1) is 21.2. The standard InChI is InChI=1S/C23H23FN2O4/c1-14-5-7-17(8-6-14)12-26-16(3)22(15(2)25-26)23(28)30-13-20(27)18-9-10-21(29-4)19(24)11-18/h5-11H,12-13H2,1-4H3. The fourth-order valence-electron chi connectivity index (χ4n) is 3.14. The molecule has 0 radical (unpaired) electrons. The summed E-state index contributed by atoms with van der Waals surface area (Å²) in [6, 6.07) is 11.9. The minimum Gasteiger partial charge on any atom is -0.494 e. The number of hydrogen-bond donors (Lipinski definition) is 0. The maximum atomic E-state index is 13.8. The van der Waals surface area contributed by atoms with Crippen LogP contribution in [0.25, 0.3) is 0 Å². The lowest BCUT2D eigenvalue weighted by Crippen LogP contribution is -2.16. The first-order chi connectivity index (χ1) is 14.3. The van der Waals surface area contributed by atoms with E-state index >= 15 is 0 Å². The van der Waals surface area contributed by atoms with Crippen LogP contribution in [-0.2, 0) is 11.3 Å². The molecule has 30 heavy (non-hydrogen) atoms. The summed E-state index contributed by atoms with van der Waals surface area (Å²) in [5.74, 6) is -1.76. The largest absolute Gasteiger partial charge is 0.494 e. The fraction of sp³-hybridized carbons (Fsp3) is 0.261. The van der Waals surface area contributed by atoms with Gasteiger partial charge in [0.05, 0.1) is 25.0 Å². The molecule has 0 aliphatic heterocycles. The van der Waals surface area contributed by atoms with Gasteiger partial charge in [-0.15, -0.1) is 0 Å². The van der Waals surface area contributed by atoms with Gasteiger partial charge in [-0.2, -0.15) is 5.10 Å². The predicted octanol–water partition coefficient (Wildman–Crippen LogP) is 4.04. The van der Waals surface area contributed by atoms with Gasteiger partial charge in [-0.3, -0.25) is 9.48 Å². The number of aromatic nitrogens is 2. The number of hydrogen-bond acceptors (Lipinski definition) is 5. The Morgan fingerprint density at radius 2 is 1.77 bits per heavy atom. The SMILES string of the molecule is COc1ccc(C(=O)COC(=O)c2c(C)nn(Cc3ccc(C)cc3)c2C)cc1F. The Balaban J connectivity index is 1.69. The van der Waals surface area contributed by atoms with E-state index in [1.165, 1.54) is 19.2 Å². The number of carbonyl (C=O) groups is 2. The molecule has 0 N–H and O–H groups in total. The lowest BCUT2D eigenvalue weighted by molar-refractivity contribution is 0.0473. The highest BCUT2D eigenvalue weighted by molar-refractivity contribution is 5.99. The van der Waals surface area contributed by atoms with Crippen LogP contribution in [0, 0.1) is 26.6 Å². The van der Waals surface area contributed by atoms with E-state index in [1.54, 1.807) is 18.5 Å². The molecule has 0 aliphatic carbocycles. The Kier molecular flexibility index (Phi) is 6.30. The molecule has 0 aliphatic rings. The van der Waals surface area contributed by atoms with Gasteiger partial charge < -0.3 is 9.47 Å². The molecule has 0 spiro atoms. The molecule has 0 saturated carbocycles. The molecule has 0 atom stereocenters. The molecule has 3 rings (SSSR count). The molecule has 0 unspecified atom stereocenters. The van der Waals surface area contributed by atoms with E-state index in [4.69, 9.17) is 9.47 Å². The van der Waals surface area contributed by atoms with Gasteiger partial charge in [0.1, 0.15) is 5.56 Å².